The first-order chi connectivity index (χ1) is 17.7. The van der Waals surface area contributed by atoms with Gasteiger partial charge in [0.15, 0.2) is 5.82 Å². The van der Waals surface area contributed by atoms with E-state index in [0.29, 0.717) is 13.1 Å². The molecule has 0 unspecified atom stereocenters. The summed E-state index contributed by atoms with van der Waals surface area (Å²) in [7, 11) is 1.67. The van der Waals surface area contributed by atoms with Crippen LogP contribution < -0.4 is 10.3 Å². The maximum absolute atomic E-state index is 13.3. The van der Waals surface area contributed by atoms with Crippen LogP contribution in [0.25, 0.3) is 10.9 Å². The highest BCUT2D eigenvalue weighted by Gasteiger charge is 2.31. The third-order valence-electron chi connectivity index (χ3n) is 7.37. The summed E-state index contributed by atoms with van der Waals surface area (Å²) in [6.07, 6.45) is 1.68. The number of H-pyrrole nitrogens is 1. The number of nitrogens with one attached hydrogen (secondary N) is 1. The SMILES string of the molecule is CC[C@@H](c1nnnn1C(C)(C)CC)N(Cc1ccc(OC)cc1)Cc1cc2c(C)cc(C)cc2[nH]c1=O. The van der Waals surface area contributed by atoms with Crippen LogP contribution >= 0.6 is 0 Å². The number of hydrogen-bond acceptors (Lipinski definition) is 6. The molecule has 0 spiro atoms. The van der Waals surface area contributed by atoms with Gasteiger partial charge in [-0.2, -0.15) is 0 Å². The van der Waals surface area contributed by atoms with Crippen LogP contribution in [0.3, 0.4) is 0 Å². The summed E-state index contributed by atoms with van der Waals surface area (Å²) in [5.74, 6) is 1.62. The van der Waals surface area contributed by atoms with Gasteiger partial charge in [-0.05, 0) is 91.9 Å². The Morgan fingerprint density at radius 1 is 1.08 bits per heavy atom. The lowest BCUT2D eigenvalue weighted by atomic mass is 10.0. The highest BCUT2D eigenvalue weighted by Crippen LogP contribution is 2.30. The van der Waals surface area contributed by atoms with Gasteiger partial charge >= 0.3 is 0 Å². The number of rotatable bonds is 10. The maximum Gasteiger partial charge on any atom is 0.252 e. The topological polar surface area (TPSA) is 88.9 Å². The second-order valence-electron chi connectivity index (χ2n) is 10.5. The van der Waals surface area contributed by atoms with E-state index in [0.717, 1.165) is 57.6 Å². The minimum absolute atomic E-state index is 0.0689. The number of benzene rings is 2. The molecule has 4 rings (SSSR count). The van der Waals surface area contributed by atoms with Crippen LogP contribution in [0, 0.1) is 13.8 Å². The molecule has 2 aromatic carbocycles. The molecule has 0 amide bonds. The van der Waals surface area contributed by atoms with Crippen molar-refractivity contribution in [1.29, 1.82) is 0 Å². The number of pyridine rings is 1. The number of nitrogens with zero attached hydrogens (tertiary/aromatic N) is 5. The zero-order valence-corrected chi connectivity index (χ0v) is 23.0. The number of aromatic nitrogens is 5. The fraction of sp³-hybridized carbons (Fsp3) is 0.448. The summed E-state index contributed by atoms with van der Waals surface area (Å²) < 4.78 is 7.29. The van der Waals surface area contributed by atoms with E-state index in [1.807, 2.05) is 35.9 Å². The number of aromatic amines is 1. The van der Waals surface area contributed by atoms with E-state index in [-0.39, 0.29) is 17.1 Å². The first kappa shape index (κ1) is 26.5. The van der Waals surface area contributed by atoms with Crippen molar-refractivity contribution in [2.75, 3.05) is 7.11 Å². The molecule has 1 N–H and O–H groups in total. The quantitative estimate of drug-likeness (QED) is 0.311. The fourth-order valence-electron chi connectivity index (χ4n) is 4.88. The predicted octanol–water partition coefficient (Wildman–Crippen LogP) is 5.44. The van der Waals surface area contributed by atoms with Gasteiger partial charge in [-0.25, -0.2) is 4.68 Å². The smallest absolute Gasteiger partial charge is 0.252 e. The van der Waals surface area contributed by atoms with Crippen molar-refractivity contribution in [2.24, 2.45) is 0 Å². The van der Waals surface area contributed by atoms with E-state index >= 15 is 0 Å². The van der Waals surface area contributed by atoms with Crippen molar-refractivity contribution in [3.63, 3.8) is 0 Å². The largest absolute Gasteiger partial charge is 0.497 e. The molecule has 2 aromatic heterocycles. The average Bonchev–Trinajstić information content (AvgIpc) is 3.36. The summed E-state index contributed by atoms with van der Waals surface area (Å²) in [5.41, 5.74) is 4.69. The number of tetrazole rings is 1. The summed E-state index contributed by atoms with van der Waals surface area (Å²) in [5, 5.41) is 14.0. The number of fused-ring (bicyclic) bond motifs is 1. The van der Waals surface area contributed by atoms with Gasteiger partial charge in [0.25, 0.3) is 5.56 Å². The van der Waals surface area contributed by atoms with Crippen LogP contribution in [0.4, 0.5) is 0 Å². The Balaban J connectivity index is 1.79. The van der Waals surface area contributed by atoms with E-state index in [4.69, 9.17) is 4.74 Å². The Kier molecular flexibility index (Phi) is 7.78. The Hall–Kier alpha value is -3.52. The van der Waals surface area contributed by atoms with E-state index in [1.165, 1.54) is 0 Å². The van der Waals surface area contributed by atoms with Crippen molar-refractivity contribution in [2.45, 2.75) is 79.1 Å². The summed E-state index contributed by atoms with van der Waals surface area (Å²) in [6.45, 7) is 13.8. The number of hydrogen-bond donors (Lipinski definition) is 1. The van der Waals surface area contributed by atoms with Gasteiger partial charge in [0.05, 0.1) is 18.7 Å². The lowest BCUT2D eigenvalue weighted by molar-refractivity contribution is 0.150. The van der Waals surface area contributed by atoms with Gasteiger partial charge in [0.2, 0.25) is 0 Å². The summed E-state index contributed by atoms with van der Waals surface area (Å²) in [4.78, 5) is 18.7. The highest BCUT2D eigenvalue weighted by atomic mass is 16.5. The van der Waals surface area contributed by atoms with Gasteiger partial charge in [0.1, 0.15) is 5.75 Å². The van der Waals surface area contributed by atoms with Crippen molar-refractivity contribution in [3.05, 3.63) is 80.9 Å². The molecule has 0 aliphatic rings. The number of aryl methyl sites for hydroxylation is 2. The molecule has 2 heterocycles. The molecule has 0 aliphatic heterocycles. The predicted molar refractivity (Wildman–Crippen MR) is 147 cm³/mol. The molecule has 1 atom stereocenters. The minimum atomic E-state index is -0.229. The molecule has 4 aromatic rings. The zero-order valence-electron chi connectivity index (χ0n) is 23.0. The monoisotopic (exact) mass is 502 g/mol. The van der Waals surface area contributed by atoms with Crippen LogP contribution in [0.5, 0.6) is 5.75 Å². The van der Waals surface area contributed by atoms with E-state index in [9.17, 15) is 4.79 Å². The molecule has 0 bridgehead atoms. The molecule has 0 aliphatic carbocycles. The second-order valence-corrected chi connectivity index (χ2v) is 10.5. The van der Waals surface area contributed by atoms with Crippen molar-refractivity contribution in [1.82, 2.24) is 30.1 Å². The lowest BCUT2D eigenvalue weighted by Crippen LogP contribution is -2.36. The molecule has 8 nitrogen and oxygen atoms in total. The first-order valence-electron chi connectivity index (χ1n) is 13.0. The van der Waals surface area contributed by atoms with E-state index in [2.05, 4.69) is 78.2 Å². The minimum Gasteiger partial charge on any atom is -0.497 e. The zero-order chi connectivity index (χ0) is 26.7. The molecule has 0 saturated carbocycles. The molecule has 37 heavy (non-hydrogen) atoms. The standard InChI is InChI=1S/C29H38N6O2/c1-8-26(27-31-32-33-35(27)29(5,6)9-2)34(17-21-10-12-23(37-7)13-11-21)18-22-16-24-20(4)14-19(3)15-25(24)30-28(22)36/h10-16,26H,8-9,17-18H2,1-7H3,(H,30,36)/t26-/m0/s1. The first-order valence-corrected chi connectivity index (χ1v) is 13.0. The van der Waals surface area contributed by atoms with Crippen LogP contribution in [0.15, 0.2) is 47.3 Å². The molecule has 0 radical (unpaired) electrons. The Morgan fingerprint density at radius 2 is 1.81 bits per heavy atom. The van der Waals surface area contributed by atoms with Crippen LogP contribution in [-0.4, -0.2) is 37.2 Å². The lowest BCUT2D eigenvalue weighted by Gasteiger charge is -2.33. The van der Waals surface area contributed by atoms with Gasteiger partial charge in [-0.1, -0.05) is 32.0 Å². The summed E-state index contributed by atoms with van der Waals surface area (Å²) in [6, 6.07) is 14.2. The molecular formula is C29H38N6O2. The third kappa shape index (κ3) is 5.59. The summed E-state index contributed by atoms with van der Waals surface area (Å²) >= 11 is 0. The van der Waals surface area contributed by atoms with Crippen molar-refractivity contribution >= 4 is 10.9 Å². The average molecular weight is 503 g/mol. The Morgan fingerprint density at radius 3 is 2.46 bits per heavy atom. The number of ether oxygens (including phenoxy) is 1. The van der Waals surface area contributed by atoms with Crippen LogP contribution in [0.2, 0.25) is 0 Å². The Labute approximate surface area is 218 Å². The van der Waals surface area contributed by atoms with Gasteiger partial charge in [-0.15, -0.1) is 5.10 Å². The molecule has 8 heteroatoms. The highest BCUT2D eigenvalue weighted by molar-refractivity contribution is 5.83. The third-order valence-corrected chi connectivity index (χ3v) is 7.37. The maximum atomic E-state index is 13.3. The molecule has 196 valence electrons. The normalized spacial score (nSPS) is 12.9. The van der Waals surface area contributed by atoms with Gasteiger partial charge in [-0.3, -0.25) is 9.69 Å². The molecule has 0 fully saturated rings. The van der Waals surface area contributed by atoms with E-state index < -0.39 is 0 Å². The molecular weight excluding hydrogens is 464 g/mol. The van der Waals surface area contributed by atoms with Crippen LogP contribution in [0.1, 0.15) is 74.7 Å². The van der Waals surface area contributed by atoms with Gasteiger partial charge < -0.3 is 9.72 Å². The molecule has 0 saturated heterocycles. The van der Waals surface area contributed by atoms with Crippen molar-refractivity contribution in [3.8, 4) is 5.75 Å². The fourth-order valence-corrected chi connectivity index (χ4v) is 4.88. The number of methoxy groups -OCH3 is 1. The van der Waals surface area contributed by atoms with Gasteiger partial charge in [0, 0.05) is 29.6 Å². The second kappa shape index (κ2) is 10.8. The van der Waals surface area contributed by atoms with E-state index in [1.54, 1.807) is 7.11 Å². The van der Waals surface area contributed by atoms with Crippen molar-refractivity contribution < 1.29 is 4.74 Å². The van der Waals surface area contributed by atoms with Crippen LogP contribution in [-0.2, 0) is 18.6 Å². The Bertz CT molecular complexity index is 1420.